The van der Waals surface area contributed by atoms with Crippen LogP contribution in [-0.4, -0.2) is 36.2 Å². The molecule has 1 rings (SSSR count). The summed E-state index contributed by atoms with van der Waals surface area (Å²) in [5.41, 5.74) is 0.805. The molecule has 5 nitrogen and oxygen atoms in total. The summed E-state index contributed by atoms with van der Waals surface area (Å²) in [4.78, 5) is 23.0. The van der Waals surface area contributed by atoms with Crippen molar-refractivity contribution >= 4 is 11.9 Å². The zero-order chi connectivity index (χ0) is 15.2. The van der Waals surface area contributed by atoms with Crippen LogP contribution in [0.1, 0.15) is 24.5 Å². The third-order valence-corrected chi connectivity index (χ3v) is 3.04. The monoisotopic (exact) mass is 279 g/mol. The number of hydrogen-bond donors (Lipinski definition) is 2. The minimum Gasteiger partial charge on any atom is -0.479 e. The fraction of sp³-hybridized carbons (Fsp3) is 0.467. The van der Waals surface area contributed by atoms with E-state index in [4.69, 9.17) is 9.84 Å². The summed E-state index contributed by atoms with van der Waals surface area (Å²) < 4.78 is 4.85. The molecule has 0 aliphatic carbocycles. The van der Waals surface area contributed by atoms with Gasteiger partial charge in [-0.2, -0.15) is 0 Å². The Balaban J connectivity index is 2.56. The van der Waals surface area contributed by atoms with Crippen LogP contribution in [0.25, 0.3) is 0 Å². The molecule has 0 spiro atoms. The molecule has 0 bridgehead atoms. The first-order chi connectivity index (χ1) is 9.37. The average Bonchev–Trinajstić information content (AvgIpc) is 2.36. The van der Waals surface area contributed by atoms with Gasteiger partial charge in [0.05, 0.1) is 6.61 Å². The predicted octanol–water partition coefficient (Wildman–Crippen LogP) is 1.53. The summed E-state index contributed by atoms with van der Waals surface area (Å²) in [6, 6.07) is 7.89. The summed E-state index contributed by atoms with van der Waals surface area (Å²) >= 11 is 0. The van der Waals surface area contributed by atoms with E-state index in [1.165, 1.54) is 14.0 Å². The normalized spacial score (nSPS) is 13.6. The van der Waals surface area contributed by atoms with Gasteiger partial charge in [-0.05, 0) is 25.8 Å². The Morgan fingerprint density at radius 3 is 2.65 bits per heavy atom. The molecular formula is C15H21NO4. The van der Waals surface area contributed by atoms with Crippen molar-refractivity contribution in [2.45, 2.75) is 32.2 Å². The Bertz CT molecular complexity index is 487. The number of carbonyl (C=O) groups is 2. The van der Waals surface area contributed by atoms with Crippen LogP contribution in [0, 0.1) is 6.92 Å². The molecular weight excluding hydrogens is 258 g/mol. The van der Waals surface area contributed by atoms with Gasteiger partial charge in [0.1, 0.15) is 0 Å². The number of hydrogen-bond acceptors (Lipinski definition) is 3. The van der Waals surface area contributed by atoms with Gasteiger partial charge in [-0.1, -0.05) is 29.8 Å². The SMILES string of the molecule is COCC(C)(NC(=O)CCc1cccc(C)c1)C(=O)O. The number of benzene rings is 1. The fourth-order valence-corrected chi connectivity index (χ4v) is 1.94. The maximum absolute atomic E-state index is 11.9. The van der Waals surface area contributed by atoms with Crippen LogP contribution in [0.2, 0.25) is 0 Å². The topological polar surface area (TPSA) is 75.6 Å². The van der Waals surface area contributed by atoms with Crippen molar-refractivity contribution in [2.24, 2.45) is 0 Å². The van der Waals surface area contributed by atoms with Gasteiger partial charge in [-0.15, -0.1) is 0 Å². The van der Waals surface area contributed by atoms with Crippen LogP contribution in [-0.2, 0) is 20.7 Å². The molecule has 0 aliphatic heterocycles. The van der Waals surface area contributed by atoms with E-state index < -0.39 is 11.5 Å². The van der Waals surface area contributed by atoms with Crippen LogP contribution in [0.15, 0.2) is 24.3 Å². The number of nitrogens with one attached hydrogen (secondary N) is 1. The van der Waals surface area contributed by atoms with Gasteiger partial charge < -0.3 is 15.2 Å². The minimum absolute atomic E-state index is 0.0709. The molecule has 1 aromatic rings. The van der Waals surface area contributed by atoms with Gasteiger partial charge in [-0.25, -0.2) is 4.79 Å². The van der Waals surface area contributed by atoms with Crippen LogP contribution < -0.4 is 5.32 Å². The first-order valence-electron chi connectivity index (χ1n) is 6.46. The van der Waals surface area contributed by atoms with E-state index in [1.807, 2.05) is 31.2 Å². The van der Waals surface area contributed by atoms with Gasteiger partial charge in [-0.3, -0.25) is 4.79 Å². The van der Waals surface area contributed by atoms with Gasteiger partial charge in [0.2, 0.25) is 5.91 Å². The average molecular weight is 279 g/mol. The van der Waals surface area contributed by atoms with Crippen LogP contribution in [0.3, 0.4) is 0 Å². The number of rotatable bonds is 7. The lowest BCUT2D eigenvalue weighted by Gasteiger charge is -2.25. The van der Waals surface area contributed by atoms with Crippen molar-refractivity contribution in [3.63, 3.8) is 0 Å². The highest BCUT2D eigenvalue weighted by molar-refractivity contribution is 5.86. The predicted molar refractivity (Wildman–Crippen MR) is 75.6 cm³/mol. The Morgan fingerprint density at radius 2 is 2.10 bits per heavy atom. The summed E-state index contributed by atoms with van der Waals surface area (Å²) in [5.74, 6) is -1.41. The molecule has 0 saturated carbocycles. The van der Waals surface area contributed by atoms with Crippen LogP contribution >= 0.6 is 0 Å². The molecule has 0 heterocycles. The van der Waals surface area contributed by atoms with Gasteiger partial charge in [0.15, 0.2) is 5.54 Å². The fourth-order valence-electron chi connectivity index (χ4n) is 1.94. The number of methoxy groups -OCH3 is 1. The molecule has 2 N–H and O–H groups in total. The third kappa shape index (κ3) is 4.66. The quantitative estimate of drug-likeness (QED) is 0.793. The first-order valence-corrected chi connectivity index (χ1v) is 6.46. The molecule has 0 fully saturated rings. The van der Waals surface area contributed by atoms with E-state index in [1.54, 1.807) is 0 Å². The second-order valence-corrected chi connectivity index (χ2v) is 5.11. The maximum atomic E-state index is 11.9. The lowest BCUT2D eigenvalue weighted by molar-refractivity contribution is -0.149. The summed E-state index contributed by atoms with van der Waals surface area (Å²) in [6.45, 7) is 3.35. The highest BCUT2D eigenvalue weighted by Crippen LogP contribution is 2.09. The van der Waals surface area contributed by atoms with E-state index >= 15 is 0 Å². The molecule has 0 saturated heterocycles. The largest absolute Gasteiger partial charge is 0.479 e. The molecule has 1 atom stereocenters. The zero-order valence-corrected chi connectivity index (χ0v) is 12.1. The molecule has 5 heteroatoms. The van der Waals surface area contributed by atoms with Gasteiger partial charge in [0.25, 0.3) is 0 Å². The Morgan fingerprint density at radius 1 is 1.40 bits per heavy atom. The van der Waals surface area contributed by atoms with E-state index in [0.29, 0.717) is 6.42 Å². The molecule has 0 aromatic heterocycles. The molecule has 0 radical (unpaired) electrons. The summed E-state index contributed by atoms with van der Waals surface area (Å²) in [6.07, 6.45) is 0.826. The zero-order valence-electron chi connectivity index (χ0n) is 12.1. The van der Waals surface area contributed by atoms with Gasteiger partial charge >= 0.3 is 5.97 Å². The standard InChI is InChI=1S/C15H21NO4/c1-11-5-4-6-12(9-11)7-8-13(17)16-15(2,10-20-3)14(18)19/h4-6,9H,7-8,10H2,1-3H3,(H,16,17)(H,18,19). The molecule has 1 aromatic carbocycles. The molecule has 1 amide bonds. The van der Waals surface area contributed by atoms with E-state index in [9.17, 15) is 9.59 Å². The third-order valence-electron chi connectivity index (χ3n) is 3.04. The van der Waals surface area contributed by atoms with Crippen LogP contribution in [0.5, 0.6) is 0 Å². The van der Waals surface area contributed by atoms with E-state index in [2.05, 4.69) is 5.32 Å². The van der Waals surface area contributed by atoms with Crippen LogP contribution in [0.4, 0.5) is 0 Å². The second kappa shape index (κ2) is 7.05. The Hall–Kier alpha value is -1.88. The Kier molecular flexibility index (Phi) is 5.70. The number of carboxylic acid groups (broad SMARTS) is 1. The lowest BCUT2D eigenvalue weighted by atomic mass is 10.0. The van der Waals surface area contributed by atoms with Crippen molar-refractivity contribution in [3.05, 3.63) is 35.4 Å². The maximum Gasteiger partial charge on any atom is 0.331 e. The lowest BCUT2D eigenvalue weighted by Crippen LogP contribution is -2.55. The van der Waals surface area contributed by atoms with E-state index in [-0.39, 0.29) is 18.9 Å². The number of carbonyl (C=O) groups excluding carboxylic acids is 1. The number of ether oxygens (including phenoxy) is 1. The highest BCUT2D eigenvalue weighted by Gasteiger charge is 2.34. The van der Waals surface area contributed by atoms with E-state index in [0.717, 1.165) is 11.1 Å². The molecule has 1 unspecified atom stereocenters. The number of aliphatic carboxylic acids is 1. The highest BCUT2D eigenvalue weighted by atomic mass is 16.5. The summed E-state index contributed by atoms with van der Waals surface area (Å²) in [7, 11) is 1.40. The van der Waals surface area contributed by atoms with Crippen molar-refractivity contribution in [3.8, 4) is 0 Å². The molecule has 110 valence electrons. The minimum atomic E-state index is -1.39. The molecule has 0 aliphatic rings. The van der Waals surface area contributed by atoms with Crippen molar-refractivity contribution in [1.29, 1.82) is 0 Å². The van der Waals surface area contributed by atoms with Crippen molar-refractivity contribution in [2.75, 3.05) is 13.7 Å². The molecule has 20 heavy (non-hydrogen) atoms. The second-order valence-electron chi connectivity index (χ2n) is 5.11. The first kappa shape index (κ1) is 16.2. The number of amides is 1. The summed E-state index contributed by atoms with van der Waals surface area (Å²) in [5, 5.41) is 11.7. The van der Waals surface area contributed by atoms with Gasteiger partial charge in [0, 0.05) is 13.5 Å². The Labute approximate surface area is 118 Å². The van der Waals surface area contributed by atoms with Crippen molar-refractivity contribution < 1.29 is 19.4 Å². The van der Waals surface area contributed by atoms with Crippen molar-refractivity contribution in [1.82, 2.24) is 5.32 Å². The number of carboxylic acids is 1. The smallest absolute Gasteiger partial charge is 0.331 e. The number of aryl methyl sites for hydroxylation is 2.